The summed E-state index contributed by atoms with van der Waals surface area (Å²) in [4.78, 5) is 19.7. The summed E-state index contributed by atoms with van der Waals surface area (Å²) in [5.74, 6) is 0.120. The maximum atomic E-state index is 12.4. The van der Waals surface area contributed by atoms with E-state index in [1.54, 1.807) is 4.90 Å². The van der Waals surface area contributed by atoms with E-state index >= 15 is 0 Å². The lowest BCUT2D eigenvalue weighted by molar-refractivity contribution is -0.00460. The summed E-state index contributed by atoms with van der Waals surface area (Å²) in [7, 11) is 0. The van der Waals surface area contributed by atoms with Crippen LogP contribution < -0.4 is 5.48 Å². The molecule has 1 heterocycles. The third-order valence-corrected chi connectivity index (χ3v) is 4.72. The molecule has 0 spiro atoms. The van der Waals surface area contributed by atoms with Gasteiger partial charge < -0.3 is 14.7 Å². The van der Waals surface area contributed by atoms with Gasteiger partial charge in [0, 0.05) is 19.7 Å². The van der Waals surface area contributed by atoms with Crippen molar-refractivity contribution in [1.82, 2.24) is 10.4 Å². The normalized spacial score (nSPS) is 19.2. The summed E-state index contributed by atoms with van der Waals surface area (Å²) in [5.41, 5.74) is 5.09. The van der Waals surface area contributed by atoms with Crippen LogP contribution in [0.5, 0.6) is 0 Å². The average molecular weight is 370 g/mol. The number of ether oxygens (including phenoxy) is 1. The van der Waals surface area contributed by atoms with Crippen LogP contribution in [0.1, 0.15) is 17.5 Å². The molecule has 27 heavy (non-hydrogen) atoms. The number of amides is 1. The van der Waals surface area contributed by atoms with Gasteiger partial charge in [0.25, 0.3) is 0 Å². The molecule has 0 unspecified atom stereocenters. The second kappa shape index (κ2) is 10.1. The first-order valence-corrected chi connectivity index (χ1v) is 9.24. The molecular weight excluding hydrogens is 344 g/mol. The Hall–Kier alpha value is -2.41. The van der Waals surface area contributed by atoms with Crippen LogP contribution in [-0.2, 0) is 22.8 Å². The third kappa shape index (κ3) is 5.79. The molecule has 2 aromatic rings. The van der Waals surface area contributed by atoms with E-state index in [0.29, 0.717) is 26.1 Å². The topological polar surface area (TPSA) is 71.0 Å². The van der Waals surface area contributed by atoms with E-state index in [1.165, 1.54) is 0 Å². The van der Waals surface area contributed by atoms with Crippen LogP contribution >= 0.6 is 0 Å². The van der Waals surface area contributed by atoms with Crippen LogP contribution in [-0.4, -0.2) is 41.8 Å². The SMILES string of the molecule is O=C(OCc1ccccc1)N1C[C@@H](CCO)[C@H](NOCc2ccccc2)C1. The number of hydrogen-bond acceptors (Lipinski definition) is 5. The van der Waals surface area contributed by atoms with Crippen LogP contribution in [0.25, 0.3) is 0 Å². The second-order valence-corrected chi connectivity index (χ2v) is 6.72. The van der Waals surface area contributed by atoms with Gasteiger partial charge in [0.15, 0.2) is 0 Å². The number of rotatable bonds is 8. The molecule has 3 rings (SSSR count). The van der Waals surface area contributed by atoms with E-state index in [4.69, 9.17) is 9.57 Å². The van der Waals surface area contributed by atoms with E-state index in [2.05, 4.69) is 5.48 Å². The summed E-state index contributed by atoms with van der Waals surface area (Å²) in [6.45, 7) is 1.81. The van der Waals surface area contributed by atoms with Crippen molar-refractivity contribution in [2.45, 2.75) is 25.7 Å². The molecular formula is C21H26N2O4. The van der Waals surface area contributed by atoms with Crippen molar-refractivity contribution in [3.05, 3.63) is 71.8 Å². The minimum atomic E-state index is -0.339. The second-order valence-electron chi connectivity index (χ2n) is 6.72. The van der Waals surface area contributed by atoms with Crippen molar-refractivity contribution in [3.63, 3.8) is 0 Å². The maximum Gasteiger partial charge on any atom is 0.410 e. The number of carbonyl (C=O) groups is 1. The number of aliphatic hydroxyl groups is 1. The molecule has 1 aliphatic heterocycles. The molecule has 144 valence electrons. The Balaban J connectivity index is 1.48. The van der Waals surface area contributed by atoms with E-state index in [-0.39, 0.29) is 31.3 Å². The number of likely N-dealkylation sites (tertiary alicyclic amines) is 1. The van der Waals surface area contributed by atoms with E-state index in [0.717, 1.165) is 11.1 Å². The number of hydroxylamine groups is 1. The lowest BCUT2D eigenvalue weighted by Crippen LogP contribution is -2.37. The van der Waals surface area contributed by atoms with Crippen LogP contribution in [0.3, 0.4) is 0 Å². The van der Waals surface area contributed by atoms with E-state index < -0.39 is 0 Å². The van der Waals surface area contributed by atoms with Gasteiger partial charge in [-0.15, -0.1) is 0 Å². The summed E-state index contributed by atoms with van der Waals surface area (Å²) < 4.78 is 5.42. The smallest absolute Gasteiger partial charge is 0.410 e. The molecule has 0 aliphatic carbocycles. The van der Waals surface area contributed by atoms with Gasteiger partial charge in [0.2, 0.25) is 0 Å². The molecule has 0 bridgehead atoms. The largest absolute Gasteiger partial charge is 0.445 e. The lowest BCUT2D eigenvalue weighted by Gasteiger charge is -2.18. The first-order chi connectivity index (χ1) is 13.3. The van der Waals surface area contributed by atoms with Crippen LogP contribution in [0.4, 0.5) is 4.79 Å². The zero-order chi connectivity index (χ0) is 18.9. The van der Waals surface area contributed by atoms with Crippen molar-refractivity contribution in [2.24, 2.45) is 5.92 Å². The summed E-state index contributed by atoms with van der Waals surface area (Å²) in [6, 6.07) is 19.5. The van der Waals surface area contributed by atoms with Gasteiger partial charge >= 0.3 is 6.09 Å². The standard InChI is InChI=1S/C21H26N2O4/c24-12-11-19-13-23(21(25)26-15-17-7-3-1-4-8-17)14-20(19)22-27-16-18-9-5-2-6-10-18/h1-10,19-20,22,24H,11-16H2/t19-,20-/m1/s1. The number of carbonyl (C=O) groups excluding carboxylic acids is 1. The predicted octanol–water partition coefficient (Wildman–Crippen LogP) is 2.73. The van der Waals surface area contributed by atoms with Crippen LogP contribution in [0, 0.1) is 5.92 Å². The summed E-state index contributed by atoms with van der Waals surface area (Å²) in [5, 5.41) is 9.32. The fourth-order valence-corrected chi connectivity index (χ4v) is 3.23. The van der Waals surface area contributed by atoms with Crippen molar-refractivity contribution in [3.8, 4) is 0 Å². The van der Waals surface area contributed by atoms with Gasteiger partial charge in [-0.05, 0) is 23.5 Å². The Labute approximate surface area is 159 Å². The number of hydrogen-bond donors (Lipinski definition) is 2. The molecule has 1 amide bonds. The molecule has 1 aliphatic rings. The Morgan fingerprint density at radius 2 is 1.63 bits per heavy atom. The predicted molar refractivity (Wildman–Crippen MR) is 102 cm³/mol. The highest BCUT2D eigenvalue weighted by Gasteiger charge is 2.35. The molecule has 6 nitrogen and oxygen atoms in total. The third-order valence-electron chi connectivity index (χ3n) is 4.72. The zero-order valence-electron chi connectivity index (χ0n) is 15.3. The molecule has 2 N–H and O–H groups in total. The highest BCUT2D eigenvalue weighted by Crippen LogP contribution is 2.21. The van der Waals surface area contributed by atoms with Gasteiger partial charge in [-0.1, -0.05) is 60.7 Å². The Bertz CT molecular complexity index is 696. The number of nitrogens with zero attached hydrogens (tertiary/aromatic N) is 1. The molecule has 1 fully saturated rings. The zero-order valence-corrected chi connectivity index (χ0v) is 15.3. The maximum absolute atomic E-state index is 12.4. The van der Waals surface area contributed by atoms with Crippen molar-refractivity contribution in [1.29, 1.82) is 0 Å². The monoisotopic (exact) mass is 370 g/mol. The van der Waals surface area contributed by atoms with E-state index in [1.807, 2.05) is 60.7 Å². The summed E-state index contributed by atoms with van der Waals surface area (Å²) >= 11 is 0. The lowest BCUT2D eigenvalue weighted by atomic mass is 10.0. The Kier molecular flexibility index (Phi) is 7.21. The van der Waals surface area contributed by atoms with Gasteiger partial charge in [0.1, 0.15) is 6.61 Å². The molecule has 0 radical (unpaired) electrons. The fourth-order valence-electron chi connectivity index (χ4n) is 3.23. The molecule has 0 saturated carbocycles. The first kappa shape index (κ1) is 19.4. The van der Waals surface area contributed by atoms with Gasteiger partial charge in [-0.2, -0.15) is 5.48 Å². The van der Waals surface area contributed by atoms with Gasteiger partial charge in [-0.3, -0.25) is 4.84 Å². The minimum absolute atomic E-state index is 0.0369. The Morgan fingerprint density at radius 3 is 2.26 bits per heavy atom. The number of aliphatic hydroxyl groups excluding tert-OH is 1. The van der Waals surface area contributed by atoms with Gasteiger partial charge in [0.05, 0.1) is 12.6 Å². The van der Waals surface area contributed by atoms with Crippen molar-refractivity contribution in [2.75, 3.05) is 19.7 Å². The van der Waals surface area contributed by atoms with Crippen LogP contribution in [0.2, 0.25) is 0 Å². The molecule has 0 aromatic heterocycles. The number of benzene rings is 2. The Morgan fingerprint density at radius 1 is 1.00 bits per heavy atom. The number of nitrogens with one attached hydrogen (secondary N) is 1. The van der Waals surface area contributed by atoms with Crippen molar-refractivity contribution < 1.29 is 19.5 Å². The molecule has 6 heteroatoms. The quantitative estimate of drug-likeness (QED) is 0.699. The summed E-state index contributed by atoms with van der Waals surface area (Å²) in [6.07, 6.45) is 0.267. The molecule has 2 aromatic carbocycles. The van der Waals surface area contributed by atoms with E-state index in [9.17, 15) is 9.90 Å². The van der Waals surface area contributed by atoms with Crippen molar-refractivity contribution >= 4 is 6.09 Å². The molecule has 2 atom stereocenters. The minimum Gasteiger partial charge on any atom is -0.445 e. The highest BCUT2D eigenvalue weighted by atomic mass is 16.6. The first-order valence-electron chi connectivity index (χ1n) is 9.24. The average Bonchev–Trinajstić information content (AvgIpc) is 3.11. The fraction of sp³-hybridized carbons (Fsp3) is 0.381. The van der Waals surface area contributed by atoms with Gasteiger partial charge in [-0.25, -0.2) is 4.79 Å². The molecule has 1 saturated heterocycles. The highest BCUT2D eigenvalue weighted by molar-refractivity contribution is 5.68. The van der Waals surface area contributed by atoms with Crippen LogP contribution in [0.15, 0.2) is 60.7 Å².